The van der Waals surface area contributed by atoms with E-state index in [4.69, 9.17) is 11.6 Å². The maximum atomic E-state index is 11.7. The number of hydrogen-bond acceptors (Lipinski definition) is 7. The number of nitrogens with one attached hydrogen (secondary N) is 1. The molecule has 28 heavy (non-hydrogen) atoms. The van der Waals surface area contributed by atoms with Gasteiger partial charge in [0.15, 0.2) is 0 Å². The van der Waals surface area contributed by atoms with Gasteiger partial charge in [-0.05, 0) is 41.0 Å². The van der Waals surface area contributed by atoms with E-state index in [1.165, 1.54) is 0 Å². The average molecular weight is 401 g/mol. The van der Waals surface area contributed by atoms with Crippen molar-refractivity contribution in [2.24, 2.45) is 10.1 Å². The van der Waals surface area contributed by atoms with Crippen LogP contribution in [-0.2, 0) is 13.0 Å². The summed E-state index contributed by atoms with van der Waals surface area (Å²) >= 11 is 5.82. The Hall–Kier alpha value is -3.00. The molecule has 146 valence electrons. The van der Waals surface area contributed by atoms with Gasteiger partial charge in [-0.25, -0.2) is 4.98 Å². The van der Waals surface area contributed by atoms with Crippen LogP contribution in [0.25, 0.3) is 0 Å². The Bertz CT molecular complexity index is 927. The number of amidine groups is 2. The van der Waals surface area contributed by atoms with E-state index in [2.05, 4.69) is 20.5 Å². The van der Waals surface area contributed by atoms with Gasteiger partial charge in [-0.1, -0.05) is 42.8 Å². The first kappa shape index (κ1) is 19.8. The lowest BCUT2D eigenvalue weighted by atomic mass is 10.1. The summed E-state index contributed by atoms with van der Waals surface area (Å²) in [6.07, 6.45) is 2.45. The molecule has 9 heteroatoms. The lowest BCUT2D eigenvalue weighted by molar-refractivity contribution is -0.346. The van der Waals surface area contributed by atoms with Gasteiger partial charge in [0.05, 0.1) is 17.3 Å². The number of benzene rings is 1. The Kier molecular flexibility index (Phi) is 6.20. The number of halogens is 1. The standard InChI is InChI=1S/C19H21ClN6O2/c1-3-15-6-4-5-13(2)17(15)23-24-19(26(27)28)18-21-9-10-25(18)12-14-7-8-16(20)22-11-14/h4-8,11,23H,3,9-10,12H2,1-2H3. The second-order valence-corrected chi connectivity index (χ2v) is 6.77. The fraction of sp³-hybridized carbons (Fsp3) is 0.316. The van der Waals surface area contributed by atoms with Crippen molar-refractivity contribution in [3.8, 4) is 0 Å². The van der Waals surface area contributed by atoms with Crippen LogP contribution in [0.1, 0.15) is 23.6 Å². The summed E-state index contributed by atoms with van der Waals surface area (Å²) in [6, 6.07) is 9.41. The lowest BCUT2D eigenvalue weighted by Crippen LogP contribution is -2.37. The molecule has 2 heterocycles. The first-order chi connectivity index (χ1) is 13.5. The molecule has 0 spiro atoms. The third-order valence-electron chi connectivity index (χ3n) is 4.48. The van der Waals surface area contributed by atoms with Gasteiger partial charge in [0.2, 0.25) is 5.84 Å². The van der Waals surface area contributed by atoms with Crippen LogP contribution in [0, 0.1) is 17.0 Å². The molecule has 1 aromatic carbocycles. The predicted molar refractivity (Wildman–Crippen MR) is 111 cm³/mol. The quantitative estimate of drug-likeness (QED) is 0.263. The van der Waals surface area contributed by atoms with E-state index < -0.39 is 4.92 Å². The van der Waals surface area contributed by atoms with Crippen molar-refractivity contribution >= 4 is 29.0 Å². The number of nitrogens with zero attached hydrogens (tertiary/aromatic N) is 5. The van der Waals surface area contributed by atoms with Crippen LogP contribution in [0.5, 0.6) is 0 Å². The van der Waals surface area contributed by atoms with Gasteiger partial charge < -0.3 is 15.0 Å². The van der Waals surface area contributed by atoms with Crippen LogP contribution in [0.4, 0.5) is 5.69 Å². The maximum Gasteiger partial charge on any atom is 0.430 e. The molecule has 0 atom stereocenters. The molecule has 0 saturated heterocycles. The van der Waals surface area contributed by atoms with E-state index >= 15 is 0 Å². The number of pyridine rings is 1. The minimum absolute atomic E-state index is 0.263. The van der Waals surface area contributed by atoms with Gasteiger partial charge in [-0.15, -0.1) is 0 Å². The fourth-order valence-electron chi connectivity index (χ4n) is 3.03. The van der Waals surface area contributed by atoms with E-state index in [1.807, 2.05) is 43.0 Å². The maximum absolute atomic E-state index is 11.7. The number of aliphatic imine (C=N–C) groups is 1. The molecular weight excluding hydrogens is 380 g/mol. The highest BCUT2D eigenvalue weighted by molar-refractivity contribution is 6.37. The highest BCUT2D eigenvalue weighted by atomic mass is 35.5. The topological polar surface area (TPSA) is 96.0 Å². The summed E-state index contributed by atoms with van der Waals surface area (Å²) < 4.78 is 0. The number of anilines is 1. The van der Waals surface area contributed by atoms with Crippen molar-refractivity contribution in [2.45, 2.75) is 26.8 Å². The van der Waals surface area contributed by atoms with Crippen LogP contribution in [0.15, 0.2) is 46.6 Å². The van der Waals surface area contributed by atoms with Crippen molar-refractivity contribution < 1.29 is 4.92 Å². The number of nitro groups is 1. The molecule has 1 aromatic heterocycles. The van der Waals surface area contributed by atoms with E-state index in [1.54, 1.807) is 12.3 Å². The average Bonchev–Trinajstić information content (AvgIpc) is 3.12. The van der Waals surface area contributed by atoms with Gasteiger partial charge in [0, 0.05) is 19.3 Å². The molecule has 0 bridgehead atoms. The molecule has 0 fully saturated rings. The van der Waals surface area contributed by atoms with Gasteiger partial charge >= 0.3 is 5.84 Å². The van der Waals surface area contributed by atoms with E-state index in [-0.39, 0.29) is 11.7 Å². The SMILES string of the molecule is CCc1cccc(C)c1NN=C(C1=NCCN1Cc1ccc(Cl)nc1)[N+](=O)[O-]. The molecule has 0 aliphatic carbocycles. The zero-order chi connectivity index (χ0) is 20.1. The van der Waals surface area contributed by atoms with Crippen molar-refractivity contribution in [2.75, 3.05) is 18.5 Å². The van der Waals surface area contributed by atoms with Crippen molar-refractivity contribution in [3.63, 3.8) is 0 Å². The van der Waals surface area contributed by atoms with Gasteiger partial charge in [0.1, 0.15) is 5.15 Å². The van der Waals surface area contributed by atoms with Crippen LogP contribution in [0.2, 0.25) is 5.15 Å². The summed E-state index contributed by atoms with van der Waals surface area (Å²) in [7, 11) is 0. The van der Waals surface area contributed by atoms with Gasteiger partial charge in [-0.2, -0.15) is 5.43 Å². The molecule has 0 unspecified atom stereocenters. The van der Waals surface area contributed by atoms with E-state index in [9.17, 15) is 10.1 Å². The molecule has 3 rings (SSSR count). The number of aryl methyl sites for hydroxylation is 2. The molecule has 8 nitrogen and oxygen atoms in total. The van der Waals surface area contributed by atoms with Gasteiger partial charge in [-0.3, -0.25) is 4.99 Å². The molecule has 0 saturated carbocycles. The number of para-hydroxylation sites is 1. The minimum Gasteiger partial charge on any atom is -0.358 e. The first-order valence-electron chi connectivity index (χ1n) is 8.96. The highest BCUT2D eigenvalue weighted by Gasteiger charge is 2.31. The third kappa shape index (κ3) is 4.45. The van der Waals surface area contributed by atoms with Crippen molar-refractivity contribution in [3.05, 3.63) is 68.5 Å². The van der Waals surface area contributed by atoms with E-state index in [0.29, 0.717) is 24.8 Å². The molecule has 1 aliphatic rings. The van der Waals surface area contributed by atoms with Crippen LogP contribution >= 0.6 is 11.6 Å². The fourth-order valence-corrected chi connectivity index (χ4v) is 3.15. The predicted octanol–water partition coefficient (Wildman–Crippen LogP) is 3.52. The lowest BCUT2D eigenvalue weighted by Gasteiger charge is -2.18. The Morgan fingerprint density at radius 1 is 1.39 bits per heavy atom. The van der Waals surface area contributed by atoms with Crippen molar-refractivity contribution in [1.29, 1.82) is 0 Å². The highest BCUT2D eigenvalue weighted by Crippen LogP contribution is 2.21. The minimum atomic E-state index is -0.506. The second kappa shape index (κ2) is 8.79. The molecule has 1 aliphatic heterocycles. The van der Waals surface area contributed by atoms with Crippen LogP contribution in [0.3, 0.4) is 0 Å². The van der Waals surface area contributed by atoms with Crippen molar-refractivity contribution in [1.82, 2.24) is 9.88 Å². The summed E-state index contributed by atoms with van der Waals surface area (Å²) in [6.45, 7) is 5.47. The zero-order valence-corrected chi connectivity index (χ0v) is 16.5. The summed E-state index contributed by atoms with van der Waals surface area (Å²) in [5.74, 6) is -0.0381. The van der Waals surface area contributed by atoms with Crippen LogP contribution in [-0.4, -0.2) is 39.6 Å². The largest absolute Gasteiger partial charge is 0.430 e. The summed E-state index contributed by atoms with van der Waals surface area (Å²) in [4.78, 5) is 21.4. The Labute approximate surface area is 168 Å². The normalized spacial score (nSPS) is 14.2. The molecule has 1 N–H and O–H groups in total. The third-order valence-corrected chi connectivity index (χ3v) is 4.70. The first-order valence-corrected chi connectivity index (χ1v) is 9.34. The monoisotopic (exact) mass is 400 g/mol. The van der Waals surface area contributed by atoms with Gasteiger partial charge in [0.25, 0.3) is 0 Å². The Morgan fingerprint density at radius 2 is 2.21 bits per heavy atom. The number of hydrogen-bond donors (Lipinski definition) is 1. The van der Waals surface area contributed by atoms with Crippen LogP contribution < -0.4 is 5.43 Å². The zero-order valence-electron chi connectivity index (χ0n) is 15.7. The molecule has 0 radical (unpaired) electrons. The smallest absolute Gasteiger partial charge is 0.358 e. The summed E-state index contributed by atoms with van der Waals surface area (Å²) in [5, 5.41) is 16.2. The second-order valence-electron chi connectivity index (χ2n) is 6.38. The Balaban J connectivity index is 1.84. The molecule has 0 amide bonds. The summed E-state index contributed by atoms with van der Waals surface area (Å²) in [5.41, 5.74) is 6.59. The number of rotatable bonds is 6. The number of aromatic nitrogens is 1. The van der Waals surface area contributed by atoms with E-state index in [0.717, 1.165) is 28.8 Å². The molecular formula is C19H21ClN6O2. The molecule has 2 aromatic rings. The Morgan fingerprint density at radius 3 is 2.89 bits per heavy atom. The number of hydrazone groups is 1.